The molecule has 0 saturated heterocycles. The van der Waals surface area contributed by atoms with E-state index in [4.69, 9.17) is 0 Å². The Morgan fingerprint density at radius 3 is 2.65 bits per heavy atom. The molecule has 0 aliphatic rings. The standard InChI is InChI=1S/C17H24N4O2/c1-4-10-21(12-16(22)20(2)3)11-9-15-18-14-8-6-5-7-13(14)17(23)19-15/h5-8H,4,9-12H2,1-3H3,(H,18,19,23). The number of likely N-dealkylation sites (N-methyl/N-ethyl adjacent to an activating group) is 1. The van der Waals surface area contributed by atoms with E-state index in [0.717, 1.165) is 13.0 Å². The normalized spacial score (nSPS) is 11.1. The van der Waals surface area contributed by atoms with E-state index in [0.29, 0.717) is 36.2 Å². The van der Waals surface area contributed by atoms with E-state index >= 15 is 0 Å². The Labute approximate surface area is 136 Å². The molecule has 0 aliphatic carbocycles. The summed E-state index contributed by atoms with van der Waals surface area (Å²) < 4.78 is 0. The first-order valence-corrected chi connectivity index (χ1v) is 7.91. The van der Waals surface area contributed by atoms with Crippen LogP contribution in [0.1, 0.15) is 19.2 Å². The van der Waals surface area contributed by atoms with Crippen molar-refractivity contribution in [1.82, 2.24) is 19.8 Å². The van der Waals surface area contributed by atoms with E-state index in [9.17, 15) is 9.59 Å². The van der Waals surface area contributed by atoms with Crippen LogP contribution in [-0.4, -0.2) is 59.4 Å². The zero-order valence-corrected chi connectivity index (χ0v) is 14.0. The largest absolute Gasteiger partial charge is 0.348 e. The van der Waals surface area contributed by atoms with Crippen LogP contribution in [0.3, 0.4) is 0 Å². The molecule has 6 heteroatoms. The van der Waals surface area contributed by atoms with Gasteiger partial charge in [-0.15, -0.1) is 0 Å². The highest BCUT2D eigenvalue weighted by molar-refractivity contribution is 5.78. The van der Waals surface area contributed by atoms with Crippen LogP contribution in [0.2, 0.25) is 0 Å². The maximum Gasteiger partial charge on any atom is 0.258 e. The number of benzene rings is 1. The fraction of sp³-hybridized carbons (Fsp3) is 0.471. The quantitative estimate of drug-likeness (QED) is 0.835. The van der Waals surface area contributed by atoms with Crippen molar-refractivity contribution in [2.24, 2.45) is 0 Å². The molecule has 0 spiro atoms. The molecule has 0 aliphatic heterocycles. The summed E-state index contributed by atoms with van der Waals surface area (Å²) in [5.41, 5.74) is 0.592. The van der Waals surface area contributed by atoms with Crippen molar-refractivity contribution in [2.45, 2.75) is 19.8 Å². The third kappa shape index (κ3) is 4.63. The molecule has 1 aromatic heterocycles. The Balaban J connectivity index is 2.08. The number of nitrogens with zero attached hydrogens (tertiary/aromatic N) is 3. The summed E-state index contributed by atoms with van der Waals surface area (Å²) in [5, 5.41) is 0.601. The first kappa shape index (κ1) is 17.1. The number of amides is 1. The molecule has 0 radical (unpaired) electrons. The van der Waals surface area contributed by atoms with Gasteiger partial charge in [-0.3, -0.25) is 14.5 Å². The van der Waals surface area contributed by atoms with Gasteiger partial charge in [0.05, 0.1) is 17.4 Å². The van der Waals surface area contributed by atoms with Crippen LogP contribution in [-0.2, 0) is 11.2 Å². The van der Waals surface area contributed by atoms with Crippen molar-refractivity contribution in [3.8, 4) is 0 Å². The zero-order valence-electron chi connectivity index (χ0n) is 14.0. The highest BCUT2D eigenvalue weighted by atomic mass is 16.2. The van der Waals surface area contributed by atoms with Gasteiger partial charge in [0, 0.05) is 27.1 Å². The fourth-order valence-electron chi connectivity index (χ4n) is 2.44. The van der Waals surface area contributed by atoms with Gasteiger partial charge in [-0.1, -0.05) is 19.1 Å². The molecule has 124 valence electrons. The van der Waals surface area contributed by atoms with Gasteiger partial charge >= 0.3 is 0 Å². The van der Waals surface area contributed by atoms with Gasteiger partial charge in [0.1, 0.15) is 5.82 Å². The van der Waals surface area contributed by atoms with Gasteiger partial charge in [0.25, 0.3) is 5.56 Å². The minimum absolute atomic E-state index is 0.0819. The number of hydrogen-bond donors (Lipinski definition) is 1. The Morgan fingerprint density at radius 2 is 1.96 bits per heavy atom. The van der Waals surface area contributed by atoms with E-state index in [-0.39, 0.29) is 11.5 Å². The van der Waals surface area contributed by atoms with Crippen molar-refractivity contribution in [2.75, 3.05) is 33.7 Å². The predicted molar refractivity (Wildman–Crippen MR) is 91.5 cm³/mol. The number of aromatic nitrogens is 2. The van der Waals surface area contributed by atoms with E-state index in [2.05, 4.69) is 21.8 Å². The number of carbonyl (C=O) groups is 1. The summed E-state index contributed by atoms with van der Waals surface area (Å²) in [7, 11) is 3.52. The maximum atomic E-state index is 12.1. The van der Waals surface area contributed by atoms with Crippen molar-refractivity contribution in [1.29, 1.82) is 0 Å². The van der Waals surface area contributed by atoms with Crippen molar-refractivity contribution in [3.63, 3.8) is 0 Å². The highest BCUT2D eigenvalue weighted by Crippen LogP contribution is 2.06. The van der Waals surface area contributed by atoms with Crippen LogP contribution in [0.5, 0.6) is 0 Å². The van der Waals surface area contributed by atoms with E-state index < -0.39 is 0 Å². The van der Waals surface area contributed by atoms with E-state index in [1.807, 2.05) is 18.2 Å². The SMILES string of the molecule is CCCN(CCc1nc2ccccc2c(=O)[nH]1)CC(=O)N(C)C. The van der Waals surface area contributed by atoms with Crippen LogP contribution in [0.15, 0.2) is 29.1 Å². The van der Waals surface area contributed by atoms with Gasteiger partial charge in [0.2, 0.25) is 5.91 Å². The molecule has 0 bridgehead atoms. The van der Waals surface area contributed by atoms with Gasteiger partial charge in [0.15, 0.2) is 0 Å². The number of hydrogen-bond acceptors (Lipinski definition) is 4. The molecule has 2 aromatic rings. The summed E-state index contributed by atoms with van der Waals surface area (Å²) >= 11 is 0. The smallest absolute Gasteiger partial charge is 0.258 e. The second-order valence-corrected chi connectivity index (χ2v) is 5.84. The highest BCUT2D eigenvalue weighted by Gasteiger charge is 2.12. The second-order valence-electron chi connectivity index (χ2n) is 5.84. The number of fused-ring (bicyclic) bond motifs is 1. The number of nitrogens with one attached hydrogen (secondary N) is 1. The van der Waals surface area contributed by atoms with Crippen LogP contribution < -0.4 is 5.56 Å². The molecule has 0 fully saturated rings. The number of para-hydroxylation sites is 1. The molecule has 1 heterocycles. The average molecular weight is 316 g/mol. The third-order valence-electron chi connectivity index (χ3n) is 3.72. The predicted octanol–water partition coefficient (Wildman–Crippen LogP) is 1.27. The fourth-order valence-corrected chi connectivity index (χ4v) is 2.44. The number of aromatic amines is 1. The van der Waals surface area contributed by atoms with Gasteiger partial charge < -0.3 is 9.88 Å². The molecule has 23 heavy (non-hydrogen) atoms. The van der Waals surface area contributed by atoms with Crippen LogP contribution in [0.25, 0.3) is 10.9 Å². The van der Waals surface area contributed by atoms with Crippen molar-refractivity contribution >= 4 is 16.8 Å². The molecular weight excluding hydrogens is 292 g/mol. The van der Waals surface area contributed by atoms with Gasteiger partial charge in [-0.05, 0) is 25.1 Å². The summed E-state index contributed by atoms with van der Waals surface area (Å²) in [6, 6.07) is 7.31. The summed E-state index contributed by atoms with van der Waals surface area (Å²) in [6.45, 7) is 4.01. The third-order valence-corrected chi connectivity index (χ3v) is 3.72. The Hall–Kier alpha value is -2.21. The van der Waals surface area contributed by atoms with E-state index in [1.54, 1.807) is 25.1 Å². The first-order chi connectivity index (χ1) is 11.0. The van der Waals surface area contributed by atoms with Crippen molar-refractivity contribution in [3.05, 3.63) is 40.4 Å². The van der Waals surface area contributed by atoms with Crippen molar-refractivity contribution < 1.29 is 4.79 Å². The molecule has 1 amide bonds. The molecular formula is C17H24N4O2. The first-order valence-electron chi connectivity index (χ1n) is 7.91. The van der Waals surface area contributed by atoms with Crippen LogP contribution >= 0.6 is 0 Å². The Bertz CT molecular complexity index is 724. The number of rotatable bonds is 7. The Morgan fingerprint density at radius 1 is 1.22 bits per heavy atom. The number of H-pyrrole nitrogens is 1. The minimum Gasteiger partial charge on any atom is -0.348 e. The molecule has 1 N–H and O–H groups in total. The summed E-state index contributed by atoms with van der Waals surface area (Å²) in [6.07, 6.45) is 1.59. The minimum atomic E-state index is -0.114. The maximum absolute atomic E-state index is 12.1. The molecule has 0 unspecified atom stereocenters. The Kier molecular flexibility index (Phi) is 5.87. The van der Waals surface area contributed by atoms with Gasteiger partial charge in [-0.25, -0.2) is 4.98 Å². The lowest BCUT2D eigenvalue weighted by molar-refractivity contribution is -0.129. The molecule has 0 saturated carbocycles. The van der Waals surface area contributed by atoms with Crippen LogP contribution in [0, 0.1) is 0 Å². The zero-order chi connectivity index (χ0) is 16.8. The number of carbonyl (C=O) groups excluding carboxylic acids is 1. The molecule has 2 rings (SSSR count). The lowest BCUT2D eigenvalue weighted by Gasteiger charge is -2.22. The monoisotopic (exact) mass is 316 g/mol. The molecule has 1 aromatic carbocycles. The van der Waals surface area contributed by atoms with E-state index in [1.165, 1.54) is 0 Å². The lowest BCUT2D eigenvalue weighted by atomic mass is 10.2. The van der Waals surface area contributed by atoms with Gasteiger partial charge in [-0.2, -0.15) is 0 Å². The molecule has 6 nitrogen and oxygen atoms in total. The topological polar surface area (TPSA) is 69.3 Å². The van der Waals surface area contributed by atoms with Crippen LogP contribution in [0.4, 0.5) is 0 Å². The lowest BCUT2D eigenvalue weighted by Crippen LogP contribution is -2.38. The molecule has 0 atom stereocenters. The summed E-state index contributed by atoms with van der Waals surface area (Å²) in [5.74, 6) is 0.741. The second kappa shape index (κ2) is 7.87. The average Bonchev–Trinajstić information content (AvgIpc) is 2.52. The summed E-state index contributed by atoms with van der Waals surface area (Å²) in [4.78, 5) is 35.0.